The summed E-state index contributed by atoms with van der Waals surface area (Å²) in [4.78, 5) is 24.3. The third-order valence-corrected chi connectivity index (χ3v) is 4.97. The Morgan fingerprint density at radius 2 is 1.67 bits per heavy atom. The SMILES string of the molecule is CCCC(C)COc1ccc(C(CNC(=O)CC)NC(=O)Cc2ccccc2)cc1. The van der Waals surface area contributed by atoms with Gasteiger partial charge in [0.05, 0.1) is 19.1 Å². The Morgan fingerprint density at radius 1 is 0.967 bits per heavy atom. The Hall–Kier alpha value is -2.82. The average molecular weight is 411 g/mol. The molecule has 2 unspecified atom stereocenters. The van der Waals surface area contributed by atoms with Crippen LogP contribution < -0.4 is 15.4 Å². The Morgan fingerprint density at radius 3 is 2.30 bits per heavy atom. The van der Waals surface area contributed by atoms with Gasteiger partial charge in [-0.3, -0.25) is 9.59 Å². The minimum atomic E-state index is -0.301. The van der Waals surface area contributed by atoms with Crippen molar-refractivity contribution in [3.63, 3.8) is 0 Å². The van der Waals surface area contributed by atoms with Crippen LogP contribution in [0.15, 0.2) is 54.6 Å². The maximum Gasteiger partial charge on any atom is 0.224 e. The molecule has 2 aromatic rings. The van der Waals surface area contributed by atoms with Gasteiger partial charge in [-0.15, -0.1) is 0 Å². The molecule has 0 bridgehead atoms. The molecule has 0 spiro atoms. The van der Waals surface area contributed by atoms with Crippen LogP contribution >= 0.6 is 0 Å². The molecule has 0 aliphatic carbocycles. The highest BCUT2D eigenvalue weighted by atomic mass is 16.5. The minimum Gasteiger partial charge on any atom is -0.493 e. The predicted octanol–water partition coefficient (Wildman–Crippen LogP) is 4.43. The van der Waals surface area contributed by atoms with Crippen LogP contribution in [0, 0.1) is 5.92 Å². The van der Waals surface area contributed by atoms with Crippen LogP contribution in [0.5, 0.6) is 5.75 Å². The van der Waals surface area contributed by atoms with E-state index in [9.17, 15) is 9.59 Å². The molecule has 0 radical (unpaired) electrons. The second-order valence-electron chi connectivity index (χ2n) is 7.71. The largest absolute Gasteiger partial charge is 0.493 e. The molecular weight excluding hydrogens is 376 g/mol. The first kappa shape index (κ1) is 23.5. The lowest BCUT2D eigenvalue weighted by atomic mass is 10.1. The molecule has 0 fully saturated rings. The molecule has 2 atom stereocenters. The number of hydrogen-bond donors (Lipinski definition) is 2. The van der Waals surface area contributed by atoms with E-state index in [-0.39, 0.29) is 17.9 Å². The van der Waals surface area contributed by atoms with Crippen LogP contribution in [0.1, 0.15) is 57.2 Å². The topological polar surface area (TPSA) is 67.4 Å². The number of carbonyl (C=O) groups is 2. The molecule has 0 saturated carbocycles. The number of amides is 2. The van der Waals surface area contributed by atoms with Gasteiger partial charge >= 0.3 is 0 Å². The molecule has 2 amide bonds. The lowest BCUT2D eigenvalue weighted by molar-refractivity contribution is -0.123. The molecule has 162 valence electrons. The fraction of sp³-hybridized carbons (Fsp3) is 0.440. The van der Waals surface area contributed by atoms with Crippen molar-refractivity contribution >= 4 is 11.8 Å². The highest BCUT2D eigenvalue weighted by molar-refractivity contribution is 5.79. The van der Waals surface area contributed by atoms with Crippen molar-refractivity contribution in [2.24, 2.45) is 5.92 Å². The van der Waals surface area contributed by atoms with E-state index in [1.807, 2.05) is 61.5 Å². The summed E-state index contributed by atoms with van der Waals surface area (Å²) >= 11 is 0. The summed E-state index contributed by atoms with van der Waals surface area (Å²) in [5.74, 6) is 1.21. The molecule has 30 heavy (non-hydrogen) atoms. The van der Waals surface area contributed by atoms with Crippen molar-refractivity contribution in [3.8, 4) is 5.75 Å². The molecule has 0 saturated heterocycles. The molecule has 2 N–H and O–H groups in total. The van der Waals surface area contributed by atoms with E-state index in [1.165, 1.54) is 0 Å². The molecule has 0 aliphatic heterocycles. The monoisotopic (exact) mass is 410 g/mol. The van der Waals surface area contributed by atoms with Crippen molar-refractivity contribution in [3.05, 3.63) is 65.7 Å². The second-order valence-corrected chi connectivity index (χ2v) is 7.71. The molecule has 2 rings (SSSR count). The van der Waals surface area contributed by atoms with Gasteiger partial charge in [0, 0.05) is 13.0 Å². The third kappa shape index (κ3) is 8.27. The zero-order chi connectivity index (χ0) is 21.8. The van der Waals surface area contributed by atoms with Crippen molar-refractivity contribution in [2.45, 2.75) is 52.5 Å². The Bertz CT molecular complexity index is 775. The van der Waals surface area contributed by atoms with E-state index < -0.39 is 0 Å². The molecule has 0 heterocycles. The summed E-state index contributed by atoms with van der Waals surface area (Å²) in [6.07, 6.45) is 3.00. The number of ether oxygens (including phenoxy) is 1. The Kier molecular flexibility index (Phi) is 9.92. The maximum atomic E-state index is 12.6. The average Bonchev–Trinajstić information content (AvgIpc) is 2.76. The summed E-state index contributed by atoms with van der Waals surface area (Å²) in [5, 5.41) is 5.94. The van der Waals surface area contributed by atoms with Gasteiger partial charge in [-0.05, 0) is 35.6 Å². The first-order valence-electron chi connectivity index (χ1n) is 10.8. The zero-order valence-corrected chi connectivity index (χ0v) is 18.3. The third-order valence-electron chi connectivity index (χ3n) is 4.97. The van der Waals surface area contributed by atoms with Crippen LogP contribution in [0.2, 0.25) is 0 Å². The zero-order valence-electron chi connectivity index (χ0n) is 18.3. The number of benzene rings is 2. The Balaban J connectivity index is 2.02. The number of carbonyl (C=O) groups excluding carboxylic acids is 2. The summed E-state index contributed by atoms with van der Waals surface area (Å²) in [5.41, 5.74) is 1.89. The summed E-state index contributed by atoms with van der Waals surface area (Å²) in [6.45, 7) is 7.21. The highest BCUT2D eigenvalue weighted by Crippen LogP contribution is 2.19. The van der Waals surface area contributed by atoms with Crippen LogP contribution in [0.4, 0.5) is 0 Å². The van der Waals surface area contributed by atoms with Gasteiger partial charge in [0.15, 0.2) is 0 Å². The van der Waals surface area contributed by atoms with E-state index >= 15 is 0 Å². The van der Waals surface area contributed by atoms with Crippen molar-refractivity contribution in [1.82, 2.24) is 10.6 Å². The van der Waals surface area contributed by atoms with Gasteiger partial charge < -0.3 is 15.4 Å². The fourth-order valence-electron chi connectivity index (χ4n) is 3.23. The summed E-state index contributed by atoms with van der Waals surface area (Å²) < 4.78 is 5.87. The van der Waals surface area contributed by atoms with Crippen LogP contribution in [-0.2, 0) is 16.0 Å². The van der Waals surface area contributed by atoms with Gasteiger partial charge in [-0.1, -0.05) is 69.7 Å². The van der Waals surface area contributed by atoms with Gasteiger partial charge in [0.25, 0.3) is 0 Å². The Labute approximate surface area is 180 Å². The standard InChI is InChI=1S/C25H34N2O3/c1-4-9-19(3)18-30-22-14-12-21(13-15-22)23(17-26-24(28)5-2)27-25(29)16-20-10-7-6-8-11-20/h6-8,10-15,19,23H,4-5,9,16-18H2,1-3H3,(H,26,28)(H,27,29). The van der Waals surface area contributed by atoms with Gasteiger partial charge in [-0.2, -0.15) is 0 Å². The summed E-state index contributed by atoms with van der Waals surface area (Å²) in [6, 6.07) is 17.1. The number of hydrogen-bond acceptors (Lipinski definition) is 3. The lowest BCUT2D eigenvalue weighted by Gasteiger charge is -2.20. The smallest absolute Gasteiger partial charge is 0.224 e. The van der Waals surface area contributed by atoms with Crippen LogP contribution in [0.3, 0.4) is 0 Å². The second kappa shape index (κ2) is 12.7. The molecule has 5 heteroatoms. The van der Waals surface area contributed by atoms with Crippen molar-refractivity contribution in [2.75, 3.05) is 13.2 Å². The van der Waals surface area contributed by atoms with E-state index in [0.717, 1.165) is 29.7 Å². The number of rotatable bonds is 12. The van der Waals surface area contributed by atoms with Gasteiger partial charge in [0.2, 0.25) is 11.8 Å². The fourth-order valence-corrected chi connectivity index (χ4v) is 3.23. The molecular formula is C25H34N2O3. The van der Waals surface area contributed by atoms with Gasteiger partial charge in [-0.25, -0.2) is 0 Å². The lowest BCUT2D eigenvalue weighted by Crippen LogP contribution is -2.38. The quantitative estimate of drug-likeness (QED) is 0.544. The highest BCUT2D eigenvalue weighted by Gasteiger charge is 2.16. The molecule has 5 nitrogen and oxygen atoms in total. The molecule has 0 aliphatic rings. The van der Waals surface area contributed by atoms with Crippen molar-refractivity contribution < 1.29 is 14.3 Å². The van der Waals surface area contributed by atoms with E-state index in [1.54, 1.807) is 0 Å². The van der Waals surface area contributed by atoms with E-state index in [0.29, 0.717) is 31.9 Å². The van der Waals surface area contributed by atoms with Crippen LogP contribution in [0.25, 0.3) is 0 Å². The van der Waals surface area contributed by atoms with E-state index in [4.69, 9.17) is 4.74 Å². The minimum absolute atomic E-state index is 0.0397. The first-order chi connectivity index (χ1) is 14.5. The van der Waals surface area contributed by atoms with Crippen LogP contribution in [-0.4, -0.2) is 25.0 Å². The molecule has 0 aromatic heterocycles. The van der Waals surface area contributed by atoms with Crippen molar-refractivity contribution in [1.29, 1.82) is 0 Å². The molecule has 2 aromatic carbocycles. The normalized spacial score (nSPS) is 12.6. The van der Waals surface area contributed by atoms with E-state index in [2.05, 4.69) is 24.5 Å². The maximum absolute atomic E-state index is 12.6. The predicted molar refractivity (Wildman–Crippen MR) is 120 cm³/mol. The summed E-state index contributed by atoms with van der Waals surface area (Å²) in [7, 11) is 0. The van der Waals surface area contributed by atoms with Gasteiger partial charge in [0.1, 0.15) is 5.75 Å². The first-order valence-corrected chi connectivity index (χ1v) is 10.8. The number of nitrogens with one attached hydrogen (secondary N) is 2.